The Balaban J connectivity index is 0.000000796. The third-order valence-electron chi connectivity index (χ3n) is 16.1. The second kappa shape index (κ2) is 20.8. The topological polar surface area (TPSA) is 12.5 Å². The molecule has 0 amide bonds. The summed E-state index contributed by atoms with van der Waals surface area (Å²) >= 11 is 0. The lowest BCUT2D eigenvalue weighted by Crippen LogP contribution is -2.52. The highest BCUT2D eigenvalue weighted by molar-refractivity contribution is 5.38. The number of hydrogen-bond donors (Lipinski definition) is 0. The van der Waals surface area contributed by atoms with E-state index in [2.05, 4.69) is 65.7 Å². The molecule has 0 radical (unpaired) electrons. The Kier molecular flexibility index (Phi) is 17.6. The monoisotopic (exact) mass is 786 g/mol. The molecule has 2 saturated carbocycles. The van der Waals surface area contributed by atoms with Crippen LogP contribution in [0.4, 0.5) is 13.2 Å². The van der Waals surface area contributed by atoms with Gasteiger partial charge in [-0.05, 0) is 138 Å². The smallest absolute Gasteiger partial charge is 0.365 e. The van der Waals surface area contributed by atoms with Crippen LogP contribution in [0.3, 0.4) is 0 Å². The maximum atomic E-state index is 11.1. The minimum absolute atomic E-state index is 0. The van der Waals surface area contributed by atoms with Gasteiger partial charge in [0, 0.05) is 24.1 Å². The van der Waals surface area contributed by atoms with E-state index in [1.54, 1.807) is 5.57 Å². The summed E-state index contributed by atoms with van der Waals surface area (Å²) in [6.45, 7) is 25.7. The number of ether oxygens (including phenoxy) is 1. The van der Waals surface area contributed by atoms with Gasteiger partial charge in [0.1, 0.15) is 0 Å². The van der Waals surface area contributed by atoms with Gasteiger partial charge in [0.05, 0.1) is 11.7 Å². The van der Waals surface area contributed by atoms with Crippen LogP contribution in [0.5, 0.6) is 0 Å². The third kappa shape index (κ3) is 10.7. The number of unbranched alkanes of at least 4 members (excludes halogenated alkanes) is 9. The second-order valence-corrected chi connectivity index (χ2v) is 19.9. The SMILES string of the molecule is C.C=C(C)C(F)(F)F.C=C(CCCCCCCCCCCC)CCCN1CC(C)CC2OC3(CCC4C(=C3C)CC3C4CC=C4CC(CC)CCC43C)[C@H](C)C21. The van der Waals surface area contributed by atoms with Crippen molar-refractivity contribution in [3.8, 4) is 0 Å². The van der Waals surface area contributed by atoms with Crippen LogP contribution in [0, 0.1) is 40.9 Å². The first-order chi connectivity index (χ1) is 26.2. The van der Waals surface area contributed by atoms with Gasteiger partial charge < -0.3 is 4.74 Å². The lowest BCUT2D eigenvalue weighted by Gasteiger charge is -2.49. The normalized spacial score (nSPS) is 35.1. The number of piperidine rings is 1. The van der Waals surface area contributed by atoms with Crippen molar-refractivity contribution in [2.24, 2.45) is 40.9 Å². The van der Waals surface area contributed by atoms with Crippen molar-refractivity contribution in [1.29, 1.82) is 0 Å². The van der Waals surface area contributed by atoms with Crippen LogP contribution < -0.4 is 0 Å². The average molecular weight is 786 g/mol. The van der Waals surface area contributed by atoms with Crippen LogP contribution in [0.25, 0.3) is 0 Å². The van der Waals surface area contributed by atoms with Gasteiger partial charge >= 0.3 is 6.18 Å². The van der Waals surface area contributed by atoms with Crippen LogP contribution in [0.15, 0.2) is 47.1 Å². The van der Waals surface area contributed by atoms with E-state index in [-0.39, 0.29) is 13.0 Å². The van der Waals surface area contributed by atoms with E-state index in [1.165, 1.54) is 160 Å². The fraction of sp³-hybridized carbons (Fsp3) is 0.843. The molecule has 4 fully saturated rings. The van der Waals surface area contributed by atoms with E-state index in [4.69, 9.17) is 4.74 Å². The van der Waals surface area contributed by atoms with Crippen molar-refractivity contribution >= 4 is 0 Å². The summed E-state index contributed by atoms with van der Waals surface area (Å²) in [5, 5.41) is 0. The molecule has 6 aliphatic rings. The van der Waals surface area contributed by atoms with E-state index in [0.29, 0.717) is 23.5 Å². The van der Waals surface area contributed by atoms with Crippen LogP contribution in [-0.2, 0) is 4.74 Å². The molecule has 0 aromatic carbocycles. The van der Waals surface area contributed by atoms with Crippen molar-refractivity contribution in [3.05, 3.63) is 47.1 Å². The highest BCUT2D eigenvalue weighted by Crippen LogP contribution is 2.65. The van der Waals surface area contributed by atoms with E-state index in [9.17, 15) is 13.2 Å². The summed E-state index contributed by atoms with van der Waals surface area (Å²) in [7, 11) is 0. The molecule has 56 heavy (non-hydrogen) atoms. The summed E-state index contributed by atoms with van der Waals surface area (Å²) in [6.07, 6.45) is 29.0. The number of nitrogens with zero attached hydrogens (tertiary/aromatic N) is 1. The summed E-state index contributed by atoms with van der Waals surface area (Å²) in [5.41, 5.74) is 6.57. The fourth-order valence-corrected chi connectivity index (χ4v) is 12.7. The molecule has 0 aromatic heterocycles. The maximum Gasteiger partial charge on any atom is 0.411 e. The van der Waals surface area contributed by atoms with E-state index < -0.39 is 11.7 Å². The summed E-state index contributed by atoms with van der Waals surface area (Å²) < 4.78 is 40.7. The van der Waals surface area contributed by atoms with E-state index in [0.717, 1.165) is 36.5 Å². The van der Waals surface area contributed by atoms with Gasteiger partial charge in [0.25, 0.3) is 0 Å². The van der Waals surface area contributed by atoms with E-state index >= 15 is 0 Å². The number of halogens is 3. The Morgan fingerprint density at radius 2 is 1.54 bits per heavy atom. The molecule has 10 atom stereocenters. The van der Waals surface area contributed by atoms with Crippen molar-refractivity contribution in [1.82, 2.24) is 4.90 Å². The molecule has 2 aliphatic heterocycles. The predicted molar refractivity (Wildman–Crippen MR) is 234 cm³/mol. The van der Waals surface area contributed by atoms with Gasteiger partial charge in [-0.2, -0.15) is 13.2 Å². The first-order valence-electron chi connectivity index (χ1n) is 23.4. The first kappa shape index (κ1) is 47.3. The van der Waals surface area contributed by atoms with Gasteiger partial charge in [-0.1, -0.05) is 142 Å². The zero-order valence-electron chi connectivity index (χ0n) is 36.6. The first-order valence-corrected chi connectivity index (χ1v) is 23.4. The number of allylic oxidation sites excluding steroid dienone is 5. The van der Waals surface area contributed by atoms with Gasteiger partial charge in [-0.25, -0.2) is 0 Å². The molecule has 6 rings (SSSR count). The van der Waals surface area contributed by atoms with Crippen LogP contribution in [0.1, 0.15) is 197 Å². The highest BCUT2D eigenvalue weighted by Gasteiger charge is 2.61. The molecule has 5 heteroatoms. The highest BCUT2D eigenvalue weighted by atomic mass is 19.4. The Hall–Kier alpha value is -1.33. The summed E-state index contributed by atoms with van der Waals surface area (Å²) in [5.74, 6) is 4.80. The lowest BCUT2D eigenvalue weighted by atomic mass is 9.55. The minimum atomic E-state index is -4.19. The minimum Gasteiger partial charge on any atom is -0.365 e. The number of rotatable bonds is 16. The molecule has 2 saturated heterocycles. The van der Waals surface area contributed by atoms with E-state index in [1.807, 2.05) is 11.1 Å². The molecular weight excluding hydrogens is 700 g/mol. The number of hydrogen-bond acceptors (Lipinski definition) is 2. The fourth-order valence-electron chi connectivity index (χ4n) is 12.7. The van der Waals surface area contributed by atoms with Crippen molar-refractivity contribution in [3.63, 3.8) is 0 Å². The lowest BCUT2D eigenvalue weighted by molar-refractivity contribution is -0.0909. The number of fused-ring (bicyclic) bond motifs is 6. The second-order valence-electron chi connectivity index (χ2n) is 19.9. The molecule has 0 bridgehead atoms. The quantitative estimate of drug-likeness (QED) is 0.114. The zero-order valence-corrected chi connectivity index (χ0v) is 36.6. The molecule has 0 aromatic rings. The summed E-state index contributed by atoms with van der Waals surface area (Å²) in [4.78, 5) is 2.90. The number of alkyl halides is 3. The summed E-state index contributed by atoms with van der Waals surface area (Å²) in [6, 6.07) is 0.585. The molecule has 9 unspecified atom stereocenters. The third-order valence-corrected chi connectivity index (χ3v) is 16.1. The zero-order chi connectivity index (χ0) is 40.0. The molecule has 2 heterocycles. The van der Waals surface area contributed by atoms with Gasteiger partial charge in [0.15, 0.2) is 0 Å². The van der Waals surface area contributed by atoms with Crippen LogP contribution >= 0.6 is 0 Å². The predicted octanol–water partition coefficient (Wildman–Crippen LogP) is 15.8. The van der Waals surface area contributed by atoms with Gasteiger partial charge in [-0.15, -0.1) is 0 Å². The standard InChI is InChI=1S/C46H77NO.C4H5F3.CH4/c1-8-10-11-12-13-14-15-16-17-18-20-33(3)21-19-28-47-32-34(4)29-43-44(47)36(6)46(48-43)27-25-39-40-23-22-38-30-37(9-2)24-26-45(38,7)42(40)31-41(39)35(46)5;1-3(2)4(5,6)7;/h22,34,36-37,39-40,42-44H,3,8-21,23-32H2,1-2,4-7H3;1H2,2H3;1H4/t34?,36-,37?,39?,40?,42?,43?,44?,45?,46?;;/m1../s1. The average Bonchev–Trinajstić information content (AvgIpc) is 3.66. The molecule has 2 nitrogen and oxygen atoms in total. The Labute approximate surface area is 344 Å². The van der Waals surface area contributed by atoms with Crippen molar-refractivity contribution in [2.75, 3.05) is 13.1 Å². The van der Waals surface area contributed by atoms with Crippen LogP contribution in [0.2, 0.25) is 0 Å². The maximum absolute atomic E-state index is 11.1. The molecule has 0 N–H and O–H groups in total. The molecule has 322 valence electrons. The Morgan fingerprint density at radius 3 is 2.16 bits per heavy atom. The molecule has 1 spiro atoms. The molecular formula is C51H86F3NO. The van der Waals surface area contributed by atoms with Crippen molar-refractivity contribution < 1.29 is 17.9 Å². The Bertz CT molecular complexity index is 1340. The van der Waals surface area contributed by atoms with Crippen LogP contribution in [-0.4, -0.2) is 41.9 Å². The Morgan fingerprint density at radius 1 is 0.911 bits per heavy atom. The number of likely N-dealkylation sites (tertiary alicyclic amines) is 1. The largest absolute Gasteiger partial charge is 0.411 e. The van der Waals surface area contributed by atoms with Crippen molar-refractivity contribution in [2.45, 2.75) is 221 Å². The van der Waals surface area contributed by atoms with Gasteiger partial charge in [0.2, 0.25) is 0 Å². The van der Waals surface area contributed by atoms with Gasteiger partial charge in [-0.3, -0.25) is 4.90 Å². The molecule has 4 aliphatic carbocycles.